The molecule has 0 N–H and O–H groups in total. The molecule has 0 saturated heterocycles. The molecular weight excluding hydrogens is 587 g/mol. The molecule has 6 rings (SSSR count). The van der Waals surface area contributed by atoms with Crippen LogP contribution in [0.25, 0.3) is 0 Å². The van der Waals surface area contributed by atoms with E-state index in [-0.39, 0.29) is 0 Å². The van der Waals surface area contributed by atoms with E-state index in [1.165, 1.54) is 7.69 Å². The summed E-state index contributed by atoms with van der Waals surface area (Å²) in [5.74, 6) is 3.31. The molecule has 0 bridgehead atoms. The zero-order chi connectivity index (χ0) is 31.9. The van der Waals surface area contributed by atoms with E-state index in [1.54, 1.807) is 12.1 Å². The summed E-state index contributed by atoms with van der Waals surface area (Å²) in [5.41, 5.74) is 4.21. The average Bonchev–Trinajstić information content (AvgIpc) is 3.14. The largest absolute Gasteiger partial charge is 0.658 e. The Hall–Kier alpha value is -5.82. The van der Waals surface area contributed by atoms with E-state index < -0.39 is 0 Å². The van der Waals surface area contributed by atoms with Gasteiger partial charge in [0.05, 0.1) is 0 Å². The van der Waals surface area contributed by atoms with Crippen LogP contribution >= 0.6 is 0 Å². The minimum atomic E-state index is 0.363. The summed E-state index contributed by atoms with van der Waals surface area (Å²) in [6.07, 6.45) is 0. The molecule has 7 heteroatoms. The Morgan fingerprint density at radius 1 is 0.319 bits per heavy atom. The third-order valence-electron chi connectivity index (χ3n) is 7.15. The Bertz CT molecular complexity index is 1670. The van der Waals surface area contributed by atoms with Gasteiger partial charge >= 0.3 is 7.69 Å². The molecule has 0 amide bonds. The number of benzene rings is 6. The summed E-state index contributed by atoms with van der Waals surface area (Å²) < 4.78 is 36.4. The van der Waals surface area contributed by atoms with Gasteiger partial charge in [0.1, 0.15) is 49.4 Å². The zero-order valence-corrected chi connectivity index (χ0v) is 25.9. The molecule has 47 heavy (non-hydrogen) atoms. The molecule has 0 heterocycles. The Morgan fingerprint density at radius 3 is 0.979 bits per heavy atom. The fraction of sp³-hybridized carbons (Fsp3) is 0.100. The first kappa shape index (κ1) is 31.2. The summed E-state index contributed by atoms with van der Waals surface area (Å²) in [6.45, 7) is 1.60. The van der Waals surface area contributed by atoms with Gasteiger partial charge in [0, 0.05) is 12.1 Å². The highest BCUT2D eigenvalue weighted by atomic mass is 16.6. The van der Waals surface area contributed by atoms with Crippen molar-refractivity contribution in [2.24, 2.45) is 0 Å². The van der Waals surface area contributed by atoms with Crippen LogP contribution in [0.5, 0.6) is 34.5 Å². The topological polar surface area (TPSA) is 55.4 Å². The highest BCUT2D eigenvalue weighted by Crippen LogP contribution is 2.35. The van der Waals surface area contributed by atoms with Crippen molar-refractivity contribution in [3.63, 3.8) is 0 Å². The van der Waals surface area contributed by atoms with Gasteiger partial charge in [-0.1, -0.05) is 121 Å². The maximum absolute atomic E-state index is 6.19. The predicted molar refractivity (Wildman–Crippen MR) is 183 cm³/mol. The van der Waals surface area contributed by atoms with Gasteiger partial charge < -0.3 is 28.3 Å². The van der Waals surface area contributed by atoms with Gasteiger partial charge in [0.15, 0.2) is 11.5 Å². The third-order valence-corrected chi connectivity index (χ3v) is 7.15. The summed E-state index contributed by atoms with van der Waals surface area (Å²) in [4.78, 5) is 0. The van der Waals surface area contributed by atoms with E-state index in [4.69, 9.17) is 28.3 Å². The van der Waals surface area contributed by atoms with Crippen molar-refractivity contribution >= 4 is 7.69 Å². The van der Waals surface area contributed by atoms with Crippen molar-refractivity contribution in [2.45, 2.75) is 26.4 Å². The van der Waals surface area contributed by atoms with Crippen LogP contribution in [0.15, 0.2) is 158 Å². The molecular formula is C40H34BO6. The second-order valence-corrected chi connectivity index (χ2v) is 10.6. The fourth-order valence-electron chi connectivity index (χ4n) is 4.66. The molecule has 6 aromatic rings. The van der Waals surface area contributed by atoms with E-state index >= 15 is 0 Å². The van der Waals surface area contributed by atoms with Crippen molar-refractivity contribution in [1.29, 1.82) is 0 Å². The fourth-order valence-corrected chi connectivity index (χ4v) is 4.66. The van der Waals surface area contributed by atoms with Gasteiger partial charge in [0.25, 0.3) is 0 Å². The highest BCUT2D eigenvalue weighted by molar-refractivity contribution is 6.21. The van der Waals surface area contributed by atoms with E-state index in [0.29, 0.717) is 60.9 Å². The SMILES string of the molecule is [B](Oc1ccc(OCc2ccccc2)cc1OCc1ccccc1)Oc1ccc(OCc2ccccc2)cc1OCc1ccccc1. The maximum atomic E-state index is 6.19. The first-order valence-corrected chi connectivity index (χ1v) is 15.4. The molecule has 0 fully saturated rings. The second-order valence-electron chi connectivity index (χ2n) is 10.6. The zero-order valence-electron chi connectivity index (χ0n) is 25.9. The van der Waals surface area contributed by atoms with Gasteiger partial charge in [-0.05, 0) is 46.5 Å². The smallest absolute Gasteiger partial charge is 0.524 e. The lowest BCUT2D eigenvalue weighted by Gasteiger charge is -2.16. The van der Waals surface area contributed by atoms with Crippen LogP contribution < -0.4 is 28.3 Å². The van der Waals surface area contributed by atoms with E-state index in [1.807, 2.05) is 146 Å². The van der Waals surface area contributed by atoms with Crippen molar-refractivity contribution in [1.82, 2.24) is 0 Å². The predicted octanol–water partition coefficient (Wildman–Crippen LogP) is 8.99. The Kier molecular flexibility index (Phi) is 10.9. The first-order valence-electron chi connectivity index (χ1n) is 15.4. The highest BCUT2D eigenvalue weighted by Gasteiger charge is 2.14. The average molecular weight is 622 g/mol. The van der Waals surface area contributed by atoms with E-state index in [2.05, 4.69) is 0 Å². The standard InChI is InChI=1S/C40H34BO6/c1-5-13-31(14-6-1)27-42-35-21-23-37(39(25-35)44-29-33-17-9-3-10-18-33)46-41-47-38-24-22-36(43-28-32-15-7-2-8-16-32)26-40(38)45-30-34-19-11-4-12-20-34/h1-26H,27-30H2. The Balaban J connectivity index is 1.14. The molecule has 6 aromatic carbocycles. The van der Waals surface area contributed by atoms with Crippen molar-refractivity contribution in [3.05, 3.63) is 180 Å². The monoisotopic (exact) mass is 621 g/mol. The molecule has 0 aliphatic rings. The number of hydrogen-bond donors (Lipinski definition) is 0. The summed E-state index contributed by atoms with van der Waals surface area (Å²) in [6, 6.07) is 50.8. The lowest BCUT2D eigenvalue weighted by molar-refractivity contribution is 0.278. The second kappa shape index (κ2) is 16.5. The molecule has 0 atom stereocenters. The molecule has 0 saturated carbocycles. The maximum Gasteiger partial charge on any atom is 0.658 e. The molecule has 0 aromatic heterocycles. The van der Waals surface area contributed by atoms with Crippen molar-refractivity contribution < 1.29 is 28.3 Å². The number of hydrogen-bond acceptors (Lipinski definition) is 6. The molecule has 0 unspecified atom stereocenters. The lowest BCUT2D eigenvalue weighted by atomic mass is 10.2. The first-order chi connectivity index (χ1) is 23.3. The van der Waals surface area contributed by atoms with Gasteiger partial charge in [-0.2, -0.15) is 0 Å². The van der Waals surface area contributed by atoms with Crippen LogP contribution in [0.3, 0.4) is 0 Å². The summed E-state index contributed by atoms with van der Waals surface area (Å²) >= 11 is 0. The van der Waals surface area contributed by atoms with Gasteiger partial charge in [-0.3, -0.25) is 0 Å². The minimum Gasteiger partial charge on any atom is -0.524 e. The normalized spacial score (nSPS) is 10.5. The van der Waals surface area contributed by atoms with Crippen molar-refractivity contribution in [3.8, 4) is 34.5 Å². The lowest BCUT2D eigenvalue weighted by Crippen LogP contribution is -2.13. The Labute approximate surface area is 276 Å². The Morgan fingerprint density at radius 2 is 0.638 bits per heavy atom. The van der Waals surface area contributed by atoms with E-state index in [9.17, 15) is 0 Å². The van der Waals surface area contributed by atoms with Gasteiger partial charge in [-0.15, -0.1) is 0 Å². The van der Waals surface area contributed by atoms with Crippen LogP contribution in [0.4, 0.5) is 0 Å². The molecule has 1 radical (unpaired) electrons. The van der Waals surface area contributed by atoms with Crippen LogP contribution in [0, 0.1) is 0 Å². The van der Waals surface area contributed by atoms with Gasteiger partial charge in [-0.25, -0.2) is 0 Å². The quantitative estimate of drug-likeness (QED) is 0.101. The number of ether oxygens (including phenoxy) is 4. The molecule has 0 aliphatic heterocycles. The van der Waals surface area contributed by atoms with Crippen molar-refractivity contribution in [2.75, 3.05) is 0 Å². The number of rotatable bonds is 16. The van der Waals surface area contributed by atoms with Crippen LogP contribution in [-0.4, -0.2) is 7.69 Å². The molecule has 0 spiro atoms. The van der Waals surface area contributed by atoms with Gasteiger partial charge in [0.2, 0.25) is 0 Å². The molecule has 0 aliphatic carbocycles. The molecule has 6 nitrogen and oxygen atoms in total. The third kappa shape index (κ3) is 9.59. The van der Waals surface area contributed by atoms with E-state index in [0.717, 1.165) is 22.3 Å². The van der Waals surface area contributed by atoms with Crippen LogP contribution in [0.1, 0.15) is 22.3 Å². The summed E-state index contributed by atoms with van der Waals surface area (Å²) in [7, 11) is 1.27. The minimum absolute atomic E-state index is 0.363. The van der Waals surface area contributed by atoms with Crippen LogP contribution in [-0.2, 0) is 26.4 Å². The summed E-state index contributed by atoms with van der Waals surface area (Å²) in [5, 5.41) is 0. The molecule has 233 valence electrons. The van der Waals surface area contributed by atoms with Crippen LogP contribution in [0.2, 0.25) is 0 Å².